The number of benzene rings is 1. The number of likely N-dealkylation sites (tertiary alicyclic amines) is 1. The molecule has 116 valence electrons. The quantitative estimate of drug-likeness (QED) is 0.898. The van der Waals surface area contributed by atoms with Gasteiger partial charge in [-0.15, -0.1) is 0 Å². The molecule has 0 bridgehead atoms. The Kier molecular flexibility index (Phi) is 4.83. The highest BCUT2D eigenvalue weighted by molar-refractivity contribution is 5.74. The van der Waals surface area contributed by atoms with Crippen LogP contribution in [0.4, 0.5) is 9.18 Å². The van der Waals surface area contributed by atoms with E-state index >= 15 is 0 Å². The summed E-state index contributed by atoms with van der Waals surface area (Å²) in [5, 5.41) is 12.4. The Hall–Kier alpha value is -1.62. The van der Waals surface area contributed by atoms with Crippen LogP contribution in [-0.4, -0.2) is 41.8 Å². The number of piperidine rings is 1. The molecule has 2 N–H and O–H groups in total. The first kappa shape index (κ1) is 15.8. The average Bonchev–Trinajstić information content (AvgIpc) is 2.45. The maximum atomic E-state index is 13.9. The second-order valence-corrected chi connectivity index (χ2v) is 6.26. The van der Waals surface area contributed by atoms with Crippen molar-refractivity contribution >= 4 is 6.03 Å². The molecule has 1 aliphatic heterocycles. The number of carbonyl (C=O) groups is 1. The summed E-state index contributed by atoms with van der Waals surface area (Å²) in [5.41, 5.74) is 0.0963. The number of urea groups is 1. The number of nitrogens with one attached hydrogen (secondary N) is 1. The molecule has 0 spiro atoms. The second-order valence-electron chi connectivity index (χ2n) is 6.26. The minimum atomic E-state index is -0.491. The van der Waals surface area contributed by atoms with E-state index in [0.29, 0.717) is 25.2 Å². The average molecular weight is 294 g/mol. The van der Waals surface area contributed by atoms with E-state index in [2.05, 4.69) is 5.32 Å². The largest absolute Gasteiger partial charge is 0.391 e. The first-order chi connectivity index (χ1) is 9.90. The van der Waals surface area contributed by atoms with Gasteiger partial charge in [0.1, 0.15) is 5.82 Å². The summed E-state index contributed by atoms with van der Waals surface area (Å²) in [6.45, 7) is 5.17. The third-order valence-electron chi connectivity index (χ3n) is 3.97. The molecular weight excluding hydrogens is 271 g/mol. The number of hydrogen-bond acceptors (Lipinski definition) is 2. The highest BCUT2D eigenvalue weighted by atomic mass is 19.1. The number of carbonyl (C=O) groups excluding carboxylic acids is 1. The third kappa shape index (κ3) is 3.94. The van der Waals surface area contributed by atoms with Crippen molar-refractivity contribution in [1.82, 2.24) is 10.2 Å². The van der Waals surface area contributed by atoms with E-state index in [1.165, 1.54) is 6.07 Å². The molecule has 1 saturated heterocycles. The molecule has 4 nitrogen and oxygen atoms in total. The molecule has 1 aromatic carbocycles. The van der Waals surface area contributed by atoms with Gasteiger partial charge >= 0.3 is 6.03 Å². The van der Waals surface area contributed by atoms with E-state index in [-0.39, 0.29) is 11.8 Å². The molecule has 1 aromatic rings. The molecule has 1 unspecified atom stereocenters. The molecule has 1 aliphatic rings. The van der Waals surface area contributed by atoms with Crippen molar-refractivity contribution in [3.8, 4) is 0 Å². The summed E-state index contributed by atoms with van der Waals surface area (Å²) >= 11 is 0. The molecule has 21 heavy (non-hydrogen) atoms. The predicted octanol–water partition coefficient (Wildman–Crippen LogP) is 2.27. The van der Waals surface area contributed by atoms with Crippen molar-refractivity contribution in [1.29, 1.82) is 0 Å². The van der Waals surface area contributed by atoms with E-state index in [4.69, 9.17) is 0 Å². The van der Waals surface area contributed by atoms with Crippen molar-refractivity contribution in [2.45, 2.75) is 38.2 Å². The van der Waals surface area contributed by atoms with E-state index in [1.807, 2.05) is 13.8 Å². The number of aliphatic hydroxyl groups excluding tert-OH is 1. The van der Waals surface area contributed by atoms with Gasteiger partial charge < -0.3 is 15.3 Å². The zero-order valence-electron chi connectivity index (χ0n) is 12.6. The lowest BCUT2D eigenvalue weighted by atomic mass is 9.84. The van der Waals surface area contributed by atoms with E-state index in [9.17, 15) is 14.3 Å². The number of halogens is 1. The second kappa shape index (κ2) is 6.43. The Labute approximate surface area is 125 Å². The van der Waals surface area contributed by atoms with Gasteiger partial charge in [0.2, 0.25) is 0 Å². The number of nitrogens with zero attached hydrogens (tertiary/aromatic N) is 1. The zero-order valence-corrected chi connectivity index (χ0v) is 12.6. The fourth-order valence-corrected chi connectivity index (χ4v) is 2.65. The van der Waals surface area contributed by atoms with E-state index < -0.39 is 11.5 Å². The third-order valence-corrected chi connectivity index (χ3v) is 3.97. The smallest absolute Gasteiger partial charge is 0.317 e. The van der Waals surface area contributed by atoms with Crippen LogP contribution in [0, 0.1) is 5.82 Å². The lowest BCUT2D eigenvalue weighted by molar-refractivity contribution is 0.0839. The number of rotatable bonds is 3. The summed E-state index contributed by atoms with van der Waals surface area (Å²) in [6, 6.07) is 6.43. The molecule has 2 rings (SSSR count). The standard InChI is InChI=1S/C16H23FN2O2/c1-16(2,13-7-3-4-8-14(13)17)11-18-15(21)19-9-5-6-12(20)10-19/h3-4,7-8,12,20H,5-6,9-11H2,1-2H3,(H,18,21). The van der Waals surface area contributed by atoms with Gasteiger partial charge in [0.05, 0.1) is 6.10 Å². The van der Waals surface area contributed by atoms with Crippen LogP contribution in [-0.2, 0) is 5.41 Å². The van der Waals surface area contributed by atoms with Crippen LogP contribution in [0.15, 0.2) is 24.3 Å². The maximum absolute atomic E-state index is 13.9. The SMILES string of the molecule is CC(C)(CNC(=O)N1CCCC(O)C1)c1ccccc1F. The Morgan fingerprint density at radius 2 is 2.19 bits per heavy atom. The van der Waals surface area contributed by atoms with Crippen molar-refractivity contribution in [2.24, 2.45) is 0 Å². The van der Waals surface area contributed by atoms with Crippen LogP contribution in [0.25, 0.3) is 0 Å². The van der Waals surface area contributed by atoms with Gasteiger partial charge in [-0.1, -0.05) is 32.0 Å². The lowest BCUT2D eigenvalue weighted by Crippen LogP contribution is -2.49. The molecule has 2 amide bonds. The number of amides is 2. The first-order valence-electron chi connectivity index (χ1n) is 7.36. The summed E-state index contributed by atoms with van der Waals surface area (Å²) in [5.74, 6) is -0.259. The highest BCUT2D eigenvalue weighted by Gasteiger charge is 2.27. The maximum Gasteiger partial charge on any atom is 0.317 e. The monoisotopic (exact) mass is 294 g/mol. The van der Waals surface area contributed by atoms with Gasteiger partial charge in [-0.2, -0.15) is 0 Å². The lowest BCUT2D eigenvalue weighted by Gasteiger charge is -2.32. The van der Waals surface area contributed by atoms with Gasteiger partial charge in [-0.25, -0.2) is 9.18 Å². The molecule has 1 fully saturated rings. The Bertz CT molecular complexity index is 505. The molecule has 1 heterocycles. The number of hydrogen-bond donors (Lipinski definition) is 2. The van der Waals surface area contributed by atoms with Crippen LogP contribution in [0.5, 0.6) is 0 Å². The highest BCUT2D eigenvalue weighted by Crippen LogP contribution is 2.25. The van der Waals surface area contributed by atoms with Gasteiger partial charge in [-0.3, -0.25) is 0 Å². The van der Waals surface area contributed by atoms with Crippen molar-refractivity contribution in [3.05, 3.63) is 35.6 Å². The molecule has 0 aromatic heterocycles. The molecular formula is C16H23FN2O2. The van der Waals surface area contributed by atoms with Gasteiger partial charge in [0.15, 0.2) is 0 Å². The van der Waals surface area contributed by atoms with Gasteiger partial charge in [0, 0.05) is 25.0 Å². The normalized spacial score (nSPS) is 19.4. The predicted molar refractivity (Wildman–Crippen MR) is 79.6 cm³/mol. The molecule has 0 aliphatic carbocycles. The van der Waals surface area contributed by atoms with E-state index in [1.54, 1.807) is 23.1 Å². The topological polar surface area (TPSA) is 52.6 Å². The number of aliphatic hydroxyl groups is 1. The molecule has 0 saturated carbocycles. The Morgan fingerprint density at radius 1 is 1.48 bits per heavy atom. The van der Waals surface area contributed by atoms with Crippen LogP contribution in [0.3, 0.4) is 0 Å². The summed E-state index contributed by atoms with van der Waals surface area (Å²) in [6.07, 6.45) is 1.11. The van der Waals surface area contributed by atoms with Crippen molar-refractivity contribution in [2.75, 3.05) is 19.6 Å². The van der Waals surface area contributed by atoms with Crippen molar-refractivity contribution < 1.29 is 14.3 Å². The minimum absolute atomic E-state index is 0.196. The minimum Gasteiger partial charge on any atom is -0.391 e. The van der Waals surface area contributed by atoms with Crippen LogP contribution < -0.4 is 5.32 Å². The van der Waals surface area contributed by atoms with E-state index in [0.717, 1.165) is 12.8 Å². The molecule has 1 atom stereocenters. The zero-order chi connectivity index (χ0) is 15.5. The summed E-state index contributed by atoms with van der Waals surface area (Å²) in [4.78, 5) is 13.7. The first-order valence-corrected chi connectivity index (χ1v) is 7.36. The van der Waals surface area contributed by atoms with Gasteiger partial charge in [0.25, 0.3) is 0 Å². The fourth-order valence-electron chi connectivity index (χ4n) is 2.65. The van der Waals surface area contributed by atoms with Gasteiger partial charge in [-0.05, 0) is 24.5 Å². The Balaban J connectivity index is 1.95. The summed E-state index contributed by atoms with van der Waals surface area (Å²) < 4.78 is 13.9. The molecule has 0 radical (unpaired) electrons. The summed E-state index contributed by atoms with van der Waals surface area (Å²) in [7, 11) is 0. The number of β-amino-alcohol motifs (C(OH)–C–C–N with tert-alkyl or cyclic N) is 1. The van der Waals surface area contributed by atoms with Crippen LogP contribution >= 0.6 is 0 Å². The fraction of sp³-hybridized carbons (Fsp3) is 0.562. The van der Waals surface area contributed by atoms with Crippen LogP contribution in [0.2, 0.25) is 0 Å². The van der Waals surface area contributed by atoms with Crippen molar-refractivity contribution in [3.63, 3.8) is 0 Å². The molecule has 5 heteroatoms. The Morgan fingerprint density at radius 3 is 2.86 bits per heavy atom. The van der Waals surface area contributed by atoms with Crippen LogP contribution in [0.1, 0.15) is 32.3 Å².